The zero-order chi connectivity index (χ0) is 73.8. The van der Waals surface area contributed by atoms with E-state index in [1.807, 2.05) is 0 Å². The van der Waals surface area contributed by atoms with Crippen LogP contribution in [0.15, 0.2) is 0 Å². The third-order valence-electron chi connectivity index (χ3n) is 19.2. The lowest BCUT2D eigenvalue weighted by atomic mass is 9.99. The summed E-state index contributed by atoms with van der Waals surface area (Å²) >= 11 is 0. The Morgan fingerprint density at radius 2 is 0.480 bits per heavy atom. The molecule has 0 heterocycles. The number of hydrogen-bond donors (Lipinski definition) is 3. The molecule has 3 N–H and O–H groups in total. The van der Waals surface area contributed by atoms with E-state index in [2.05, 4.69) is 55.4 Å². The number of phosphoric acid groups is 2. The highest BCUT2D eigenvalue weighted by Crippen LogP contribution is 2.45. The molecule has 0 aromatic carbocycles. The number of hydrogen-bond acceptors (Lipinski definition) is 15. The van der Waals surface area contributed by atoms with Crippen molar-refractivity contribution in [2.24, 2.45) is 23.7 Å². The van der Waals surface area contributed by atoms with Gasteiger partial charge in [-0.1, -0.05) is 364 Å². The van der Waals surface area contributed by atoms with Crippen LogP contribution in [0.2, 0.25) is 0 Å². The number of esters is 4. The van der Waals surface area contributed by atoms with Crippen molar-refractivity contribution < 1.29 is 80.2 Å². The van der Waals surface area contributed by atoms with E-state index in [0.29, 0.717) is 25.7 Å². The molecule has 0 radical (unpaired) electrons. The summed E-state index contributed by atoms with van der Waals surface area (Å²) in [6.07, 6.45) is 56.8. The number of aliphatic hydroxyl groups is 1. The third kappa shape index (κ3) is 73.0. The highest BCUT2D eigenvalue weighted by atomic mass is 31.2. The summed E-state index contributed by atoms with van der Waals surface area (Å²) in [6.45, 7) is 14.3. The maximum Gasteiger partial charge on any atom is 0.472 e. The summed E-state index contributed by atoms with van der Waals surface area (Å²) in [5, 5.41) is 10.6. The molecule has 0 rings (SSSR count). The molecule has 0 bridgehead atoms. The fourth-order valence-electron chi connectivity index (χ4n) is 12.4. The van der Waals surface area contributed by atoms with Gasteiger partial charge in [-0.15, -0.1) is 0 Å². The van der Waals surface area contributed by atoms with Gasteiger partial charge in [0.1, 0.15) is 19.3 Å². The molecule has 0 fully saturated rings. The number of rotatable bonds is 78. The van der Waals surface area contributed by atoms with Gasteiger partial charge >= 0.3 is 39.5 Å². The van der Waals surface area contributed by atoms with Crippen LogP contribution >= 0.6 is 15.6 Å². The van der Waals surface area contributed by atoms with E-state index in [1.54, 1.807) is 0 Å². The standard InChI is InChI=1S/C81H158O17P2/c1-9-74(8)60-52-44-36-31-32-38-46-54-62-79(84)92-68-77(98-81(86)64-56-48-40-30-24-23-27-35-43-51-59-73(6)7)70-96-100(89,90)94-66-75(82)65-93-99(87,88)95-69-76(67-91-78(83)61-53-45-37-28-21-18-14-16-20-26-34-42-50-58-72(4)5)97-80(85)63-55-47-39-29-22-17-13-11-10-12-15-19-25-33-41-49-57-71(2)3/h71-77,82H,9-70H2,1-8H3,(H,87,88)(H,89,90)/t74?,75-,76-,77-/m1/s1. The van der Waals surface area contributed by atoms with Crippen LogP contribution in [0.5, 0.6) is 0 Å². The minimum absolute atomic E-state index is 0.105. The first kappa shape index (κ1) is 98.1. The summed E-state index contributed by atoms with van der Waals surface area (Å²) in [5.41, 5.74) is 0. The van der Waals surface area contributed by atoms with E-state index in [9.17, 15) is 43.2 Å². The van der Waals surface area contributed by atoms with Crippen molar-refractivity contribution in [3.8, 4) is 0 Å². The molecule has 100 heavy (non-hydrogen) atoms. The van der Waals surface area contributed by atoms with Crippen molar-refractivity contribution in [3.63, 3.8) is 0 Å². The summed E-state index contributed by atoms with van der Waals surface area (Å²) in [7, 11) is -9.92. The highest BCUT2D eigenvalue weighted by Gasteiger charge is 2.30. The van der Waals surface area contributed by atoms with Gasteiger partial charge in [0.25, 0.3) is 0 Å². The maximum absolute atomic E-state index is 13.1. The molecule has 0 saturated carbocycles. The summed E-state index contributed by atoms with van der Waals surface area (Å²) < 4.78 is 68.7. The van der Waals surface area contributed by atoms with E-state index in [1.165, 1.54) is 218 Å². The van der Waals surface area contributed by atoms with E-state index in [-0.39, 0.29) is 25.7 Å². The predicted octanol–water partition coefficient (Wildman–Crippen LogP) is 24.0. The zero-order valence-electron chi connectivity index (χ0n) is 65.8. The second kappa shape index (κ2) is 70.1. The van der Waals surface area contributed by atoms with Crippen LogP contribution in [0, 0.1) is 23.7 Å². The van der Waals surface area contributed by atoms with Crippen LogP contribution in [-0.2, 0) is 65.4 Å². The Morgan fingerprint density at radius 3 is 0.710 bits per heavy atom. The van der Waals surface area contributed by atoms with Gasteiger partial charge in [-0.25, -0.2) is 9.13 Å². The fourth-order valence-corrected chi connectivity index (χ4v) is 14.0. The van der Waals surface area contributed by atoms with Crippen molar-refractivity contribution in [3.05, 3.63) is 0 Å². The number of unbranched alkanes of at least 4 members (excludes halogenated alkanes) is 43. The second-order valence-corrected chi connectivity index (χ2v) is 33.7. The molecule has 6 atom stereocenters. The van der Waals surface area contributed by atoms with Gasteiger partial charge in [0.05, 0.1) is 26.4 Å². The molecule has 0 aromatic heterocycles. The molecule has 594 valence electrons. The first-order valence-electron chi connectivity index (χ1n) is 41.7. The molecule has 17 nitrogen and oxygen atoms in total. The molecule has 19 heteroatoms. The Morgan fingerprint density at radius 1 is 0.280 bits per heavy atom. The van der Waals surface area contributed by atoms with Crippen molar-refractivity contribution in [2.45, 2.75) is 433 Å². The minimum Gasteiger partial charge on any atom is -0.462 e. The molecular weight excluding hydrogens is 1310 g/mol. The van der Waals surface area contributed by atoms with Crippen LogP contribution < -0.4 is 0 Å². The van der Waals surface area contributed by atoms with Crippen molar-refractivity contribution in [2.75, 3.05) is 39.6 Å². The molecule has 0 aliphatic carbocycles. The quantitative estimate of drug-likeness (QED) is 0.0222. The second-order valence-electron chi connectivity index (χ2n) is 30.8. The number of phosphoric ester groups is 2. The maximum atomic E-state index is 13.1. The van der Waals surface area contributed by atoms with Crippen molar-refractivity contribution >= 4 is 39.5 Å². The third-order valence-corrected chi connectivity index (χ3v) is 21.1. The van der Waals surface area contributed by atoms with Crippen LogP contribution in [-0.4, -0.2) is 96.7 Å². The first-order valence-corrected chi connectivity index (χ1v) is 44.7. The van der Waals surface area contributed by atoms with Gasteiger partial charge < -0.3 is 33.8 Å². The van der Waals surface area contributed by atoms with Gasteiger partial charge in [0.15, 0.2) is 12.2 Å². The van der Waals surface area contributed by atoms with Gasteiger partial charge in [-0.3, -0.25) is 37.3 Å². The molecule has 0 amide bonds. The van der Waals surface area contributed by atoms with Crippen molar-refractivity contribution in [1.29, 1.82) is 0 Å². The normalized spacial score (nSPS) is 14.3. The first-order chi connectivity index (χ1) is 48.1. The van der Waals surface area contributed by atoms with E-state index >= 15 is 0 Å². The van der Waals surface area contributed by atoms with Crippen molar-refractivity contribution in [1.82, 2.24) is 0 Å². The van der Waals surface area contributed by atoms with Crippen LogP contribution in [0.4, 0.5) is 0 Å². The Labute approximate surface area is 613 Å². The molecule has 3 unspecified atom stereocenters. The highest BCUT2D eigenvalue weighted by molar-refractivity contribution is 7.47. The average Bonchev–Trinajstić information content (AvgIpc) is 0.921. The van der Waals surface area contributed by atoms with Crippen LogP contribution in [0.1, 0.15) is 415 Å². The van der Waals surface area contributed by atoms with Gasteiger partial charge in [-0.2, -0.15) is 0 Å². The SMILES string of the molecule is CCC(C)CCCCCCCCCCC(=O)OC[C@H](COP(=O)(O)OC[C@H](O)COP(=O)(O)OC[C@@H](COC(=O)CCCCCCCCCCCCCCCC(C)C)OC(=O)CCCCCCCCCCCCCCCCCCC(C)C)OC(=O)CCCCCCCCCCCCC(C)C. The smallest absolute Gasteiger partial charge is 0.462 e. The Kier molecular flexibility index (Phi) is 68.7. The largest absolute Gasteiger partial charge is 0.472 e. The predicted molar refractivity (Wildman–Crippen MR) is 409 cm³/mol. The molecule has 0 aliphatic heterocycles. The Balaban J connectivity index is 5.26. The lowest BCUT2D eigenvalue weighted by Crippen LogP contribution is -2.30. The lowest BCUT2D eigenvalue weighted by Gasteiger charge is -2.21. The Hall–Kier alpha value is -1.94. The van der Waals surface area contributed by atoms with Gasteiger partial charge in [0.2, 0.25) is 0 Å². The van der Waals surface area contributed by atoms with E-state index in [0.717, 1.165) is 114 Å². The van der Waals surface area contributed by atoms with Gasteiger partial charge in [0, 0.05) is 25.7 Å². The molecule has 0 aliphatic rings. The number of aliphatic hydroxyl groups excluding tert-OH is 1. The lowest BCUT2D eigenvalue weighted by molar-refractivity contribution is -0.161. The number of ether oxygens (including phenoxy) is 4. The number of carbonyl (C=O) groups excluding carboxylic acids is 4. The van der Waals surface area contributed by atoms with E-state index in [4.69, 9.17) is 37.0 Å². The molecular formula is C81H158O17P2. The summed E-state index contributed by atoms with van der Waals surface area (Å²) in [5.74, 6) is 1.02. The average molecular weight is 1470 g/mol. The fraction of sp³-hybridized carbons (Fsp3) is 0.951. The molecule has 0 saturated heterocycles. The Bertz CT molecular complexity index is 1960. The molecule has 0 spiro atoms. The van der Waals surface area contributed by atoms with Crippen LogP contribution in [0.3, 0.4) is 0 Å². The van der Waals surface area contributed by atoms with Gasteiger partial charge in [-0.05, 0) is 49.4 Å². The summed E-state index contributed by atoms with van der Waals surface area (Å²) in [4.78, 5) is 73.1. The molecule has 0 aromatic rings. The topological polar surface area (TPSA) is 237 Å². The number of carbonyl (C=O) groups is 4. The minimum atomic E-state index is -4.96. The summed E-state index contributed by atoms with van der Waals surface area (Å²) in [6, 6.07) is 0. The van der Waals surface area contributed by atoms with Crippen LogP contribution in [0.25, 0.3) is 0 Å². The monoisotopic (exact) mass is 1470 g/mol. The zero-order valence-corrected chi connectivity index (χ0v) is 67.6. The van der Waals surface area contributed by atoms with E-state index < -0.39 is 97.5 Å².